The van der Waals surface area contributed by atoms with E-state index in [0.717, 1.165) is 31.9 Å². The molecule has 1 aliphatic rings. The van der Waals surface area contributed by atoms with Crippen LogP contribution in [-0.4, -0.2) is 31.6 Å². The molecule has 108 valence electrons. The topological polar surface area (TPSA) is 67.4 Å². The third kappa shape index (κ3) is 3.33. The van der Waals surface area contributed by atoms with E-state index in [0.29, 0.717) is 5.69 Å². The molecule has 0 spiro atoms. The van der Waals surface area contributed by atoms with Crippen molar-refractivity contribution in [1.29, 1.82) is 0 Å². The summed E-state index contributed by atoms with van der Waals surface area (Å²) in [6.45, 7) is 0.814. The van der Waals surface area contributed by atoms with E-state index in [4.69, 9.17) is 0 Å². The normalized spacial score (nSPS) is 18.4. The van der Waals surface area contributed by atoms with Gasteiger partial charge in [-0.05, 0) is 37.6 Å². The first-order valence-electron chi connectivity index (χ1n) is 6.54. The number of benzene rings is 1. The minimum absolute atomic E-state index is 0.174. The van der Waals surface area contributed by atoms with E-state index in [2.05, 4.69) is 15.4 Å². The number of amides is 1. The van der Waals surface area contributed by atoms with Crippen LogP contribution in [-0.2, 0) is 9.53 Å². The summed E-state index contributed by atoms with van der Waals surface area (Å²) in [6.07, 6.45) is 2.84. The number of carbonyl (C=O) groups is 2. The molecular formula is C14H17FN2O3. The maximum atomic E-state index is 13.5. The summed E-state index contributed by atoms with van der Waals surface area (Å²) in [5.74, 6) is -1.62. The van der Waals surface area contributed by atoms with Crippen LogP contribution in [0.4, 0.5) is 10.1 Å². The molecule has 0 aromatic heterocycles. The van der Waals surface area contributed by atoms with Gasteiger partial charge in [0.15, 0.2) is 0 Å². The number of esters is 1. The summed E-state index contributed by atoms with van der Waals surface area (Å²) in [7, 11) is 1.18. The lowest BCUT2D eigenvalue weighted by Crippen LogP contribution is -2.43. The van der Waals surface area contributed by atoms with E-state index >= 15 is 0 Å². The van der Waals surface area contributed by atoms with Crippen LogP contribution < -0.4 is 10.6 Å². The van der Waals surface area contributed by atoms with Gasteiger partial charge >= 0.3 is 5.97 Å². The van der Waals surface area contributed by atoms with Crippen molar-refractivity contribution in [2.24, 2.45) is 0 Å². The van der Waals surface area contributed by atoms with Gasteiger partial charge in [-0.2, -0.15) is 0 Å². The zero-order valence-electron chi connectivity index (χ0n) is 11.2. The summed E-state index contributed by atoms with van der Waals surface area (Å²) in [6, 6.07) is 3.59. The van der Waals surface area contributed by atoms with Crippen molar-refractivity contribution in [2.45, 2.75) is 25.3 Å². The second kappa shape index (κ2) is 6.47. The van der Waals surface area contributed by atoms with Crippen molar-refractivity contribution in [2.75, 3.05) is 19.0 Å². The van der Waals surface area contributed by atoms with E-state index in [-0.39, 0.29) is 17.5 Å². The molecule has 1 saturated heterocycles. The summed E-state index contributed by atoms with van der Waals surface area (Å²) in [5, 5.41) is 5.80. The molecule has 6 heteroatoms. The molecule has 5 nitrogen and oxygen atoms in total. The van der Waals surface area contributed by atoms with Crippen LogP contribution >= 0.6 is 0 Å². The van der Waals surface area contributed by atoms with Gasteiger partial charge in [0.1, 0.15) is 5.82 Å². The second-order valence-electron chi connectivity index (χ2n) is 4.68. The van der Waals surface area contributed by atoms with E-state index < -0.39 is 11.8 Å². The van der Waals surface area contributed by atoms with Crippen LogP contribution in [0.5, 0.6) is 0 Å². The highest BCUT2D eigenvalue weighted by Crippen LogP contribution is 2.17. The Bertz CT molecular complexity index is 513. The van der Waals surface area contributed by atoms with E-state index in [1.807, 2.05) is 0 Å². The molecule has 0 bridgehead atoms. The maximum Gasteiger partial charge on any atom is 0.340 e. The van der Waals surface area contributed by atoms with Gasteiger partial charge in [-0.1, -0.05) is 6.42 Å². The summed E-state index contributed by atoms with van der Waals surface area (Å²) in [4.78, 5) is 23.4. The molecule has 2 rings (SSSR count). The van der Waals surface area contributed by atoms with Gasteiger partial charge < -0.3 is 15.4 Å². The lowest BCUT2D eigenvalue weighted by Gasteiger charge is -2.22. The molecule has 1 aliphatic heterocycles. The molecule has 0 radical (unpaired) electrons. The molecule has 0 saturated carbocycles. The summed E-state index contributed by atoms with van der Waals surface area (Å²) >= 11 is 0. The third-order valence-electron chi connectivity index (χ3n) is 3.27. The second-order valence-corrected chi connectivity index (χ2v) is 4.68. The van der Waals surface area contributed by atoms with Crippen molar-refractivity contribution >= 4 is 17.6 Å². The average molecular weight is 280 g/mol. The minimum atomic E-state index is -0.769. The Morgan fingerprint density at radius 1 is 1.40 bits per heavy atom. The fourth-order valence-electron chi connectivity index (χ4n) is 2.17. The lowest BCUT2D eigenvalue weighted by atomic mass is 10.0. The number of rotatable bonds is 3. The Kier molecular flexibility index (Phi) is 4.68. The number of carbonyl (C=O) groups excluding carboxylic acids is 2. The van der Waals surface area contributed by atoms with E-state index in [1.165, 1.54) is 19.2 Å². The molecule has 1 heterocycles. The van der Waals surface area contributed by atoms with Gasteiger partial charge in [0, 0.05) is 5.69 Å². The van der Waals surface area contributed by atoms with Gasteiger partial charge in [-0.25, -0.2) is 9.18 Å². The van der Waals surface area contributed by atoms with Gasteiger partial charge in [0.25, 0.3) is 0 Å². The molecular weight excluding hydrogens is 263 g/mol. The number of hydrogen-bond donors (Lipinski definition) is 2. The monoisotopic (exact) mass is 280 g/mol. The zero-order chi connectivity index (χ0) is 14.5. The van der Waals surface area contributed by atoms with Gasteiger partial charge in [-0.3, -0.25) is 4.79 Å². The van der Waals surface area contributed by atoms with Crippen LogP contribution in [0.1, 0.15) is 29.6 Å². The molecule has 20 heavy (non-hydrogen) atoms. The van der Waals surface area contributed by atoms with Gasteiger partial charge in [0.2, 0.25) is 5.91 Å². The number of ether oxygens (including phenoxy) is 1. The average Bonchev–Trinajstić information content (AvgIpc) is 2.49. The number of nitrogens with one attached hydrogen (secondary N) is 2. The summed E-state index contributed by atoms with van der Waals surface area (Å²) < 4.78 is 18.0. The van der Waals surface area contributed by atoms with Crippen LogP contribution in [0.25, 0.3) is 0 Å². The van der Waals surface area contributed by atoms with Crippen molar-refractivity contribution in [1.82, 2.24) is 5.32 Å². The molecule has 1 amide bonds. The molecule has 1 unspecified atom stereocenters. The molecule has 1 fully saturated rings. The quantitative estimate of drug-likeness (QED) is 0.827. The predicted molar refractivity (Wildman–Crippen MR) is 72.0 cm³/mol. The Hall–Kier alpha value is -1.95. The standard InChI is InChI=1S/C14H17FN2O3/c1-20-14(19)10-8-9(5-6-11(10)15)17-13(18)12-4-2-3-7-16-12/h5-6,8,12,16H,2-4,7H2,1H3,(H,17,18). The zero-order valence-corrected chi connectivity index (χ0v) is 11.2. The Morgan fingerprint density at radius 2 is 2.20 bits per heavy atom. The maximum absolute atomic E-state index is 13.5. The Balaban J connectivity index is 2.09. The van der Waals surface area contributed by atoms with Crippen LogP contribution in [0.15, 0.2) is 18.2 Å². The summed E-state index contributed by atoms with van der Waals surface area (Å²) in [5.41, 5.74) is 0.186. The predicted octanol–water partition coefficient (Wildman–Crippen LogP) is 1.69. The largest absolute Gasteiger partial charge is 0.465 e. The van der Waals surface area contributed by atoms with Gasteiger partial charge in [0.05, 0.1) is 18.7 Å². The number of hydrogen-bond acceptors (Lipinski definition) is 4. The van der Waals surface area contributed by atoms with Crippen molar-refractivity contribution in [3.63, 3.8) is 0 Å². The van der Waals surface area contributed by atoms with Crippen molar-refractivity contribution in [3.05, 3.63) is 29.6 Å². The van der Waals surface area contributed by atoms with Crippen LogP contribution in [0.3, 0.4) is 0 Å². The van der Waals surface area contributed by atoms with E-state index in [1.54, 1.807) is 0 Å². The molecule has 1 aromatic carbocycles. The fourth-order valence-corrected chi connectivity index (χ4v) is 2.17. The first-order valence-corrected chi connectivity index (χ1v) is 6.54. The minimum Gasteiger partial charge on any atom is -0.465 e. The third-order valence-corrected chi connectivity index (χ3v) is 3.27. The fraction of sp³-hybridized carbons (Fsp3) is 0.429. The molecule has 1 aromatic rings. The smallest absolute Gasteiger partial charge is 0.340 e. The van der Waals surface area contributed by atoms with Gasteiger partial charge in [-0.15, -0.1) is 0 Å². The molecule has 0 aliphatic carbocycles. The van der Waals surface area contributed by atoms with Crippen molar-refractivity contribution in [3.8, 4) is 0 Å². The first kappa shape index (κ1) is 14.5. The highest BCUT2D eigenvalue weighted by Gasteiger charge is 2.21. The number of anilines is 1. The lowest BCUT2D eigenvalue weighted by molar-refractivity contribution is -0.118. The Labute approximate surface area is 116 Å². The number of methoxy groups -OCH3 is 1. The number of piperidine rings is 1. The molecule has 1 atom stereocenters. The van der Waals surface area contributed by atoms with Crippen LogP contribution in [0, 0.1) is 5.82 Å². The highest BCUT2D eigenvalue weighted by atomic mass is 19.1. The molecule has 2 N–H and O–H groups in total. The van der Waals surface area contributed by atoms with Crippen LogP contribution in [0.2, 0.25) is 0 Å². The number of halogens is 1. The van der Waals surface area contributed by atoms with E-state index in [9.17, 15) is 14.0 Å². The van der Waals surface area contributed by atoms with Crippen molar-refractivity contribution < 1.29 is 18.7 Å². The highest BCUT2D eigenvalue weighted by molar-refractivity contribution is 5.97. The Morgan fingerprint density at radius 3 is 2.85 bits per heavy atom. The SMILES string of the molecule is COC(=O)c1cc(NC(=O)C2CCCCN2)ccc1F. The first-order chi connectivity index (χ1) is 9.61.